The van der Waals surface area contributed by atoms with Gasteiger partial charge in [-0.15, -0.1) is 0 Å². The molecule has 7 heteroatoms. The third kappa shape index (κ3) is 4.54. The van der Waals surface area contributed by atoms with Gasteiger partial charge in [0, 0.05) is 28.5 Å². The molecule has 0 aliphatic carbocycles. The van der Waals surface area contributed by atoms with E-state index in [1.807, 2.05) is 25.1 Å². The molecule has 1 heterocycles. The minimum atomic E-state index is 0.00824. The average Bonchev–Trinajstić information content (AvgIpc) is 2.65. The highest BCUT2D eigenvalue weighted by Crippen LogP contribution is 2.32. The van der Waals surface area contributed by atoms with Gasteiger partial charge < -0.3 is 15.4 Å². The van der Waals surface area contributed by atoms with E-state index in [4.69, 9.17) is 16.3 Å². The number of nitrogens with one attached hydrogen (secondary N) is 2. The molecule has 0 fully saturated rings. The first-order valence-corrected chi connectivity index (χ1v) is 8.66. The van der Waals surface area contributed by atoms with Gasteiger partial charge in [0.05, 0.1) is 12.8 Å². The molecule has 0 saturated carbocycles. The molecule has 27 heavy (non-hydrogen) atoms. The van der Waals surface area contributed by atoms with Crippen LogP contribution in [0.5, 0.6) is 5.75 Å². The van der Waals surface area contributed by atoms with Crippen LogP contribution >= 0.6 is 11.6 Å². The number of aromatic nitrogens is 2. The van der Waals surface area contributed by atoms with Crippen molar-refractivity contribution < 1.29 is 9.53 Å². The van der Waals surface area contributed by atoms with Crippen LogP contribution in [-0.4, -0.2) is 22.9 Å². The molecule has 0 bridgehead atoms. The first kappa shape index (κ1) is 18.7. The SMILES string of the molecule is COc1cc(Cl)c(C)cc1Nc1nccc(Nc2cccc(C(C)=O)c2)n1. The van der Waals surface area contributed by atoms with Crippen LogP contribution in [0.4, 0.5) is 23.1 Å². The normalized spacial score (nSPS) is 10.4. The molecule has 0 radical (unpaired) electrons. The van der Waals surface area contributed by atoms with E-state index in [1.54, 1.807) is 37.6 Å². The Labute approximate surface area is 162 Å². The van der Waals surface area contributed by atoms with Crippen molar-refractivity contribution in [3.8, 4) is 5.75 Å². The second-order valence-corrected chi connectivity index (χ2v) is 6.36. The van der Waals surface area contributed by atoms with E-state index in [2.05, 4.69) is 20.6 Å². The molecule has 0 atom stereocenters. The fraction of sp³-hybridized carbons (Fsp3) is 0.150. The third-order valence-corrected chi connectivity index (χ3v) is 4.33. The lowest BCUT2D eigenvalue weighted by Crippen LogP contribution is -2.02. The lowest BCUT2D eigenvalue weighted by Gasteiger charge is -2.13. The summed E-state index contributed by atoms with van der Waals surface area (Å²) in [6.07, 6.45) is 1.64. The maximum atomic E-state index is 11.5. The summed E-state index contributed by atoms with van der Waals surface area (Å²) in [7, 11) is 1.58. The van der Waals surface area contributed by atoms with Crippen molar-refractivity contribution in [3.05, 3.63) is 64.8 Å². The van der Waals surface area contributed by atoms with Crippen LogP contribution in [0.1, 0.15) is 22.8 Å². The van der Waals surface area contributed by atoms with E-state index in [-0.39, 0.29) is 5.78 Å². The Morgan fingerprint density at radius 2 is 1.96 bits per heavy atom. The van der Waals surface area contributed by atoms with Crippen LogP contribution in [0.15, 0.2) is 48.7 Å². The van der Waals surface area contributed by atoms with Gasteiger partial charge in [0.2, 0.25) is 5.95 Å². The van der Waals surface area contributed by atoms with Crippen molar-refractivity contribution >= 4 is 40.5 Å². The molecule has 0 saturated heterocycles. The maximum absolute atomic E-state index is 11.5. The molecule has 2 aromatic carbocycles. The highest BCUT2D eigenvalue weighted by Gasteiger charge is 2.09. The molecule has 3 aromatic rings. The molecular formula is C20H19ClN4O2. The summed E-state index contributed by atoms with van der Waals surface area (Å²) in [5.41, 5.74) is 3.03. The number of halogens is 1. The zero-order valence-corrected chi connectivity index (χ0v) is 16.0. The molecular weight excluding hydrogens is 364 g/mol. The lowest BCUT2D eigenvalue weighted by atomic mass is 10.1. The van der Waals surface area contributed by atoms with E-state index in [0.29, 0.717) is 28.1 Å². The van der Waals surface area contributed by atoms with Gasteiger partial charge in [-0.05, 0) is 43.7 Å². The van der Waals surface area contributed by atoms with Crippen LogP contribution < -0.4 is 15.4 Å². The second-order valence-electron chi connectivity index (χ2n) is 5.95. The Hall–Kier alpha value is -3.12. The number of carbonyl (C=O) groups excluding carboxylic acids is 1. The monoisotopic (exact) mass is 382 g/mol. The highest BCUT2D eigenvalue weighted by atomic mass is 35.5. The summed E-state index contributed by atoms with van der Waals surface area (Å²) in [5.74, 6) is 1.61. The Morgan fingerprint density at radius 1 is 1.15 bits per heavy atom. The largest absolute Gasteiger partial charge is 0.495 e. The first-order valence-electron chi connectivity index (χ1n) is 8.28. The summed E-state index contributed by atoms with van der Waals surface area (Å²) in [5, 5.41) is 6.95. The smallest absolute Gasteiger partial charge is 0.229 e. The summed E-state index contributed by atoms with van der Waals surface area (Å²) in [6, 6.07) is 12.6. The number of methoxy groups -OCH3 is 1. The summed E-state index contributed by atoms with van der Waals surface area (Å²) < 4.78 is 5.36. The quantitative estimate of drug-likeness (QED) is 0.575. The topological polar surface area (TPSA) is 76.1 Å². The van der Waals surface area contributed by atoms with E-state index in [9.17, 15) is 4.79 Å². The summed E-state index contributed by atoms with van der Waals surface area (Å²) in [6.45, 7) is 3.45. The maximum Gasteiger partial charge on any atom is 0.229 e. The van der Waals surface area contributed by atoms with Gasteiger partial charge in [-0.1, -0.05) is 23.7 Å². The summed E-state index contributed by atoms with van der Waals surface area (Å²) >= 11 is 6.15. The van der Waals surface area contributed by atoms with Crippen LogP contribution in [0, 0.1) is 6.92 Å². The minimum Gasteiger partial charge on any atom is -0.495 e. The molecule has 3 rings (SSSR count). The average molecular weight is 383 g/mol. The zero-order chi connectivity index (χ0) is 19.4. The summed E-state index contributed by atoms with van der Waals surface area (Å²) in [4.78, 5) is 20.2. The number of nitrogens with zero attached hydrogens (tertiary/aromatic N) is 2. The molecule has 0 aliphatic heterocycles. The fourth-order valence-electron chi connectivity index (χ4n) is 2.50. The Morgan fingerprint density at radius 3 is 2.70 bits per heavy atom. The van der Waals surface area contributed by atoms with E-state index >= 15 is 0 Å². The number of Topliss-reactive ketones (excluding diaryl/α,β-unsaturated/α-hetero) is 1. The van der Waals surface area contributed by atoms with E-state index in [1.165, 1.54) is 6.92 Å². The number of rotatable bonds is 6. The number of anilines is 4. The van der Waals surface area contributed by atoms with E-state index < -0.39 is 0 Å². The Kier molecular flexibility index (Phi) is 5.57. The number of aryl methyl sites for hydroxylation is 1. The van der Waals surface area contributed by atoms with E-state index in [0.717, 1.165) is 16.9 Å². The standard InChI is InChI=1S/C20H19ClN4O2/c1-12-9-17(18(27-3)11-16(12)21)24-20-22-8-7-19(25-20)23-15-6-4-5-14(10-15)13(2)26/h4-11H,1-3H3,(H2,22,23,24,25). The molecule has 6 nitrogen and oxygen atoms in total. The molecule has 0 amide bonds. The zero-order valence-electron chi connectivity index (χ0n) is 15.2. The Bertz CT molecular complexity index is 991. The van der Waals surface area contributed by atoms with Crippen LogP contribution in [-0.2, 0) is 0 Å². The van der Waals surface area contributed by atoms with Gasteiger partial charge in [0.25, 0.3) is 0 Å². The molecule has 1 aromatic heterocycles. The van der Waals surface area contributed by atoms with Crippen molar-refractivity contribution in [1.29, 1.82) is 0 Å². The first-order chi connectivity index (χ1) is 13.0. The highest BCUT2D eigenvalue weighted by molar-refractivity contribution is 6.31. The minimum absolute atomic E-state index is 0.00824. The third-order valence-electron chi connectivity index (χ3n) is 3.92. The molecule has 0 unspecified atom stereocenters. The number of hydrogen-bond donors (Lipinski definition) is 2. The number of benzene rings is 2. The number of ether oxygens (including phenoxy) is 1. The van der Waals surface area contributed by atoms with Crippen LogP contribution in [0.2, 0.25) is 5.02 Å². The van der Waals surface area contributed by atoms with Gasteiger partial charge in [-0.2, -0.15) is 4.98 Å². The van der Waals surface area contributed by atoms with Gasteiger partial charge in [-0.25, -0.2) is 4.98 Å². The molecule has 2 N–H and O–H groups in total. The lowest BCUT2D eigenvalue weighted by molar-refractivity contribution is 0.101. The van der Waals surface area contributed by atoms with Crippen molar-refractivity contribution in [3.63, 3.8) is 0 Å². The van der Waals surface area contributed by atoms with Crippen LogP contribution in [0.25, 0.3) is 0 Å². The number of hydrogen-bond acceptors (Lipinski definition) is 6. The van der Waals surface area contributed by atoms with Crippen molar-refractivity contribution in [2.24, 2.45) is 0 Å². The fourth-order valence-corrected chi connectivity index (χ4v) is 2.66. The van der Waals surface area contributed by atoms with Gasteiger partial charge in [-0.3, -0.25) is 4.79 Å². The molecule has 0 spiro atoms. The predicted molar refractivity (Wildman–Crippen MR) is 108 cm³/mol. The van der Waals surface area contributed by atoms with Crippen molar-refractivity contribution in [2.75, 3.05) is 17.7 Å². The van der Waals surface area contributed by atoms with Crippen molar-refractivity contribution in [1.82, 2.24) is 9.97 Å². The van der Waals surface area contributed by atoms with Gasteiger partial charge in [0.1, 0.15) is 11.6 Å². The molecule has 0 aliphatic rings. The molecule has 138 valence electrons. The Balaban J connectivity index is 1.83. The van der Waals surface area contributed by atoms with Gasteiger partial charge >= 0.3 is 0 Å². The number of carbonyl (C=O) groups is 1. The predicted octanol–water partition coefficient (Wildman–Crippen LogP) is 5.14. The van der Waals surface area contributed by atoms with Crippen LogP contribution in [0.3, 0.4) is 0 Å². The number of ketones is 1. The second kappa shape index (κ2) is 8.05. The van der Waals surface area contributed by atoms with Crippen molar-refractivity contribution in [2.45, 2.75) is 13.8 Å². The van der Waals surface area contributed by atoms with Gasteiger partial charge in [0.15, 0.2) is 5.78 Å².